The minimum Gasteiger partial charge on any atom is -0.366 e. The van der Waals surface area contributed by atoms with Gasteiger partial charge in [0, 0.05) is 25.1 Å². The standard InChI is InChI=1S/C23H19FN4O3/c24-19-8-4-1-5-15(19)13-25-20-10-9-16(14-26-20)27-21(29)11-12-28-22(30)17-6-2-3-7-18(17)23(28)31/h1-10,14H,11-13H2,(H,25,26)(H,27,29). The molecule has 7 nitrogen and oxygen atoms in total. The number of aromatic nitrogens is 1. The average Bonchev–Trinajstić information content (AvgIpc) is 3.03. The molecule has 0 saturated carbocycles. The minimum atomic E-state index is -0.389. The number of pyridine rings is 1. The van der Waals surface area contributed by atoms with Crippen molar-refractivity contribution in [2.24, 2.45) is 0 Å². The molecule has 0 fully saturated rings. The Hall–Kier alpha value is -4.07. The number of amides is 3. The first-order valence-corrected chi connectivity index (χ1v) is 9.71. The number of imide groups is 1. The third kappa shape index (κ3) is 4.42. The van der Waals surface area contributed by atoms with Crippen LogP contribution in [-0.4, -0.2) is 34.2 Å². The minimum absolute atomic E-state index is 0.00606. The van der Waals surface area contributed by atoms with Gasteiger partial charge in [-0.05, 0) is 30.3 Å². The molecule has 0 saturated heterocycles. The number of carbonyl (C=O) groups is 3. The van der Waals surface area contributed by atoms with E-state index in [-0.39, 0.29) is 43.0 Å². The maximum absolute atomic E-state index is 13.7. The van der Waals surface area contributed by atoms with E-state index < -0.39 is 0 Å². The fourth-order valence-corrected chi connectivity index (χ4v) is 3.28. The Kier molecular flexibility index (Phi) is 5.70. The molecule has 2 aromatic carbocycles. The predicted molar refractivity (Wildman–Crippen MR) is 113 cm³/mol. The fraction of sp³-hybridized carbons (Fsp3) is 0.130. The Labute approximate surface area is 177 Å². The lowest BCUT2D eigenvalue weighted by molar-refractivity contribution is -0.116. The Morgan fingerprint density at radius 1 is 0.935 bits per heavy atom. The Morgan fingerprint density at radius 3 is 2.26 bits per heavy atom. The summed E-state index contributed by atoms with van der Waals surface area (Å²) in [5.74, 6) is -0.879. The summed E-state index contributed by atoms with van der Waals surface area (Å²) in [6.45, 7) is 0.277. The summed E-state index contributed by atoms with van der Waals surface area (Å²) >= 11 is 0. The van der Waals surface area contributed by atoms with Crippen molar-refractivity contribution in [3.05, 3.63) is 89.4 Å². The molecule has 1 aliphatic heterocycles. The maximum Gasteiger partial charge on any atom is 0.261 e. The van der Waals surface area contributed by atoms with Crippen molar-refractivity contribution < 1.29 is 18.8 Å². The second-order valence-corrected chi connectivity index (χ2v) is 6.98. The van der Waals surface area contributed by atoms with Gasteiger partial charge in [-0.3, -0.25) is 19.3 Å². The van der Waals surface area contributed by atoms with Crippen molar-refractivity contribution in [3.63, 3.8) is 0 Å². The highest BCUT2D eigenvalue weighted by molar-refractivity contribution is 6.21. The molecule has 4 rings (SSSR count). The number of rotatable bonds is 7. The topological polar surface area (TPSA) is 91.4 Å². The van der Waals surface area contributed by atoms with Crippen LogP contribution >= 0.6 is 0 Å². The number of nitrogens with one attached hydrogen (secondary N) is 2. The van der Waals surface area contributed by atoms with E-state index in [0.29, 0.717) is 28.2 Å². The SMILES string of the molecule is O=C(CCN1C(=O)c2ccccc2C1=O)Nc1ccc(NCc2ccccc2F)nc1. The van der Waals surface area contributed by atoms with Gasteiger partial charge in [-0.15, -0.1) is 0 Å². The van der Waals surface area contributed by atoms with Crippen molar-refractivity contribution >= 4 is 29.2 Å². The van der Waals surface area contributed by atoms with E-state index in [1.165, 1.54) is 12.3 Å². The molecule has 3 aromatic rings. The first-order valence-electron chi connectivity index (χ1n) is 9.71. The molecule has 0 aliphatic carbocycles. The van der Waals surface area contributed by atoms with Crippen molar-refractivity contribution in [1.29, 1.82) is 0 Å². The highest BCUT2D eigenvalue weighted by Crippen LogP contribution is 2.22. The van der Waals surface area contributed by atoms with Crippen molar-refractivity contribution in [1.82, 2.24) is 9.88 Å². The Morgan fingerprint density at radius 2 is 1.61 bits per heavy atom. The second-order valence-electron chi connectivity index (χ2n) is 6.98. The number of hydrogen-bond acceptors (Lipinski definition) is 5. The van der Waals surface area contributed by atoms with Crippen LogP contribution in [0, 0.1) is 5.82 Å². The zero-order valence-corrected chi connectivity index (χ0v) is 16.5. The van der Waals surface area contributed by atoms with Gasteiger partial charge < -0.3 is 10.6 Å². The molecule has 3 amide bonds. The molecular weight excluding hydrogens is 399 g/mol. The molecule has 0 atom stereocenters. The van der Waals surface area contributed by atoms with Crippen LogP contribution in [0.2, 0.25) is 0 Å². The molecule has 0 radical (unpaired) electrons. The predicted octanol–water partition coefficient (Wildman–Crippen LogP) is 3.46. The number of fused-ring (bicyclic) bond motifs is 1. The van der Waals surface area contributed by atoms with Crippen LogP contribution in [0.3, 0.4) is 0 Å². The van der Waals surface area contributed by atoms with Crippen LogP contribution in [0.15, 0.2) is 66.9 Å². The highest BCUT2D eigenvalue weighted by Gasteiger charge is 2.34. The number of halogens is 1. The normalized spacial score (nSPS) is 12.6. The van der Waals surface area contributed by atoms with Crippen LogP contribution in [0.1, 0.15) is 32.7 Å². The van der Waals surface area contributed by atoms with Crippen molar-refractivity contribution in [2.45, 2.75) is 13.0 Å². The molecule has 1 aromatic heterocycles. The van der Waals surface area contributed by atoms with Crippen LogP contribution < -0.4 is 10.6 Å². The van der Waals surface area contributed by atoms with Crippen molar-refractivity contribution in [2.75, 3.05) is 17.2 Å². The van der Waals surface area contributed by atoms with E-state index in [1.54, 1.807) is 54.6 Å². The van der Waals surface area contributed by atoms with Crippen LogP contribution in [0.25, 0.3) is 0 Å². The van der Waals surface area contributed by atoms with E-state index in [2.05, 4.69) is 15.6 Å². The van der Waals surface area contributed by atoms with E-state index >= 15 is 0 Å². The molecule has 0 unspecified atom stereocenters. The number of nitrogens with zero attached hydrogens (tertiary/aromatic N) is 2. The molecule has 2 N–H and O–H groups in total. The molecule has 0 spiro atoms. The Balaban J connectivity index is 1.28. The molecule has 31 heavy (non-hydrogen) atoms. The van der Waals surface area contributed by atoms with Gasteiger partial charge >= 0.3 is 0 Å². The number of benzene rings is 2. The lowest BCUT2D eigenvalue weighted by atomic mass is 10.1. The van der Waals surface area contributed by atoms with E-state index in [4.69, 9.17) is 0 Å². The van der Waals surface area contributed by atoms with Gasteiger partial charge in [0.15, 0.2) is 0 Å². The van der Waals surface area contributed by atoms with Gasteiger partial charge in [-0.25, -0.2) is 9.37 Å². The van der Waals surface area contributed by atoms with Gasteiger partial charge in [0.25, 0.3) is 11.8 Å². The monoisotopic (exact) mass is 418 g/mol. The van der Waals surface area contributed by atoms with Crippen LogP contribution in [0.5, 0.6) is 0 Å². The molecule has 8 heteroatoms. The Bertz CT molecular complexity index is 1110. The smallest absolute Gasteiger partial charge is 0.261 e. The van der Waals surface area contributed by atoms with E-state index in [1.807, 2.05) is 0 Å². The summed E-state index contributed by atoms with van der Waals surface area (Å²) in [6, 6.07) is 16.4. The van der Waals surface area contributed by atoms with E-state index in [0.717, 1.165) is 4.90 Å². The average molecular weight is 418 g/mol. The summed E-state index contributed by atoms with van der Waals surface area (Å²) in [5, 5.41) is 5.71. The number of hydrogen-bond donors (Lipinski definition) is 2. The third-order valence-corrected chi connectivity index (χ3v) is 4.91. The van der Waals surface area contributed by atoms with E-state index in [9.17, 15) is 18.8 Å². The summed E-state index contributed by atoms with van der Waals surface area (Å²) in [7, 11) is 0. The second kappa shape index (κ2) is 8.74. The zero-order chi connectivity index (χ0) is 21.8. The number of anilines is 2. The summed E-state index contributed by atoms with van der Waals surface area (Å²) < 4.78 is 13.7. The quantitative estimate of drug-likeness (QED) is 0.574. The van der Waals surface area contributed by atoms with Gasteiger partial charge in [-0.1, -0.05) is 30.3 Å². The van der Waals surface area contributed by atoms with Gasteiger partial charge in [-0.2, -0.15) is 0 Å². The van der Waals surface area contributed by atoms with Crippen LogP contribution in [-0.2, 0) is 11.3 Å². The van der Waals surface area contributed by atoms with Gasteiger partial charge in [0.05, 0.1) is 23.0 Å². The first-order chi connectivity index (χ1) is 15.0. The molecule has 0 bridgehead atoms. The third-order valence-electron chi connectivity index (χ3n) is 4.91. The van der Waals surface area contributed by atoms with Crippen molar-refractivity contribution in [3.8, 4) is 0 Å². The van der Waals surface area contributed by atoms with Crippen LogP contribution in [0.4, 0.5) is 15.9 Å². The largest absolute Gasteiger partial charge is 0.366 e. The molecular formula is C23H19FN4O3. The summed E-state index contributed by atoms with van der Waals surface area (Å²) in [6.07, 6.45) is 1.45. The summed E-state index contributed by atoms with van der Waals surface area (Å²) in [4.78, 5) is 42.2. The molecule has 2 heterocycles. The lowest BCUT2D eigenvalue weighted by Gasteiger charge is -2.13. The molecule has 1 aliphatic rings. The number of carbonyl (C=O) groups excluding carboxylic acids is 3. The van der Waals surface area contributed by atoms with Gasteiger partial charge in [0.2, 0.25) is 5.91 Å². The molecule has 156 valence electrons. The highest BCUT2D eigenvalue weighted by atomic mass is 19.1. The zero-order valence-electron chi connectivity index (χ0n) is 16.5. The lowest BCUT2D eigenvalue weighted by Crippen LogP contribution is -2.32. The first kappa shape index (κ1) is 20.2. The van der Waals surface area contributed by atoms with Gasteiger partial charge in [0.1, 0.15) is 11.6 Å². The summed E-state index contributed by atoms with van der Waals surface area (Å²) in [5.41, 5.74) is 1.71. The maximum atomic E-state index is 13.7. The fourth-order valence-electron chi connectivity index (χ4n) is 3.28.